The van der Waals surface area contributed by atoms with Gasteiger partial charge in [0.1, 0.15) is 12.2 Å². The minimum atomic E-state index is 0.331. The topological polar surface area (TPSA) is 54.2 Å². The van der Waals surface area contributed by atoms with Crippen LogP contribution in [0.3, 0.4) is 0 Å². The molecule has 1 aliphatic rings. The Morgan fingerprint density at radius 2 is 2.20 bits per heavy atom. The van der Waals surface area contributed by atoms with E-state index in [0.29, 0.717) is 12.5 Å². The van der Waals surface area contributed by atoms with Gasteiger partial charge < -0.3 is 5.11 Å². The number of likely N-dealkylation sites (tertiary alicyclic amines) is 1. The number of hydrogen-bond donors (Lipinski definition) is 1. The number of nitrogens with zero attached hydrogens (tertiary/aromatic N) is 4. The Hall–Kier alpha value is -0.940. The molecule has 0 atom stereocenters. The summed E-state index contributed by atoms with van der Waals surface area (Å²) in [5, 5.41) is 13.1. The van der Waals surface area contributed by atoms with E-state index in [0.717, 1.165) is 38.3 Å². The molecular formula is C10H18N4O. The molecule has 1 aromatic rings. The number of piperidine rings is 1. The highest BCUT2D eigenvalue weighted by Crippen LogP contribution is 2.17. The number of rotatable bonds is 3. The predicted octanol–water partition coefficient (Wildman–Crippen LogP) is 0.0194. The van der Waals surface area contributed by atoms with E-state index in [-0.39, 0.29) is 0 Å². The average molecular weight is 210 g/mol. The van der Waals surface area contributed by atoms with Crippen molar-refractivity contribution in [1.29, 1.82) is 0 Å². The third-order valence-corrected chi connectivity index (χ3v) is 3.14. The molecule has 15 heavy (non-hydrogen) atoms. The zero-order valence-electron chi connectivity index (χ0n) is 9.13. The van der Waals surface area contributed by atoms with E-state index in [9.17, 15) is 0 Å². The van der Waals surface area contributed by atoms with Crippen molar-refractivity contribution in [1.82, 2.24) is 19.7 Å². The monoisotopic (exact) mass is 210 g/mol. The Morgan fingerprint density at radius 1 is 1.47 bits per heavy atom. The van der Waals surface area contributed by atoms with E-state index >= 15 is 0 Å². The maximum atomic E-state index is 9.03. The first-order valence-corrected chi connectivity index (χ1v) is 5.45. The number of hydrogen-bond acceptors (Lipinski definition) is 4. The van der Waals surface area contributed by atoms with Gasteiger partial charge in [-0.1, -0.05) is 0 Å². The molecule has 0 unspecified atom stereocenters. The molecule has 84 valence electrons. The van der Waals surface area contributed by atoms with Gasteiger partial charge in [-0.25, -0.2) is 4.98 Å². The minimum absolute atomic E-state index is 0.331. The van der Waals surface area contributed by atoms with Gasteiger partial charge in [0.15, 0.2) is 0 Å². The van der Waals surface area contributed by atoms with Gasteiger partial charge in [-0.3, -0.25) is 9.58 Å². The third-order valence-electron chi connectivity index (χ3n) is 3.14. The van der Waals surface area contributed by atoms with Gasteiger partial charge in [-0.05, 0) is 31.8 Å². The van der Waals surface area contributed by atoms with Crippen LogP contribution in [0, 0.1) is 5.92 Å². The first-order valence-electron chi connectivity index (χ1n) is 5.45. The molecule has 5 nitrogen and oxygen atoms in total. The molecular weight excluding hydrogens is 192 g/mol. The highest BCUT2D eigenvalue weighted by molar-refractivity contribution is 4.85. The molecule has 0 aromatic carbocycles. The molecule has 1 saturated heterocycles. The van der Waals surface area contributed by atoms with Crippen LogP contribution in [0.4, 0.5) is 0 Å². The lowest BCUT2D eigenvalue weighted by Crippen LogP contribution is -2.35. The largest absolute Gasteiger partial charge is 0.396 e. The second kappa shape index (κ2) is 4.72. The number of aryl methyl sites for hydroxylation is 1. The summed E-state index contributed by atoms with van der Waals surface area (Å²) in [6.07, 6.45) is 3.78. The smallest absolute Gasteiger partial charge is 0.140 e. The lowest BCUT2D eigenvalue weighted by Gasteiger charge is -2.30. The minimum Gasteiger partial charge on any atom is -0.396 e. The van der Waals surface area contributed by atoms with Crippen molar-refractivity contribution < 1.29 is 5.11 Å². The molecule has 2 heterocycles. The van der Waals surface area contributed by atoms with Crippen LogP contribution in [0.25, 0.3) is 0 Å². The zero-order chi connectivity index (χ0) is 10.7. The van der Waals surface area contributed by atoms with Gasteiger partial charge in [0, 0.05) is 13.7 Å². The fourth-order valence-electron chi connectivity index (χ4n) is 1.99. The van der Waals surface area contributed by atoms with Gasteiger partial charge in [-0.2, -0.15) is 5.10 Å². The molecule has 1 aliphatic heterocycles. The maximum absolute atomic E-state index is 9.03. The highest BCUT2D eigenvalue weighted by Gasteiger charge is 2.19. The quantitative estimate of drug-likeness (QED) is 0.764. The van der Waals surface area contributed by atoms with E-state index in [1.54, 1.807) is 6.33 Å². The van der Waals surface area contributed by atoms with Gasteiger partial charge >= 0.3 is 0 Å². The van der Waals surface area contributed by atoms with Crippen molar-refractivity contribution in [3.63, 3.8) is 0 Å². The molecule has 0 saturated carbocycles. The molecule has 1 aromatic heterocycles. The van der Waals surface area contributed by atoms with Gasteiger partial charge in [0.2, 0.25) is 0 Å². The van der Waals surface area contributed by atoms with Crippen LogP contribution in [-0.2, 0) is 13.6 Å². The standard InChI is InChI=1S/C10H18N4O/c1-13-10(11-8-12-13)6-14-4-2-9(7-15)3-5-14/h8-9,15H,2-7H2,1H3. The van der Waals surface area contributed by atoms with E-state index in [1.165, 1.54) is 0 Å². The summed E-state index contributed by atoms with van der Waals surface area (Å²) in [7, 11) is 1.92. The van der Waals surface area contributed by atoms with E-state index in [4.69, 9.17) is 5.11 Å². The summed E-state index contributed by atoms with van der Waals surface area (Å²) in [6.45, 7) is 3.31. The van der Waals surface area contributed by atoms with Crippen molar-refractivity contribution >= 4 is 0 Å². The van der Waals surface area contributed by atoms with Gasteiger partial charge in [0.05, 0.1) is 6.54 Å². The first kappa shape index (κ1) is 10.6. The highest BCUT2D eigenvalue weighted by atomic mass is 16.3. The van der Waals surface area contributed by atoms with Crippen LogP contribution in [0.15, 0.2) is 6.33 Å². The van der Waals surface area contributed by atoms with Crippen LogP contribution in [0.2, 0.25) is 0 Å². The molecule has 0 amide bonds. The molecule has 0 radical (unpaired) electrons. The lowest BCUT2D eigenvalue weighted by atomic mass is 9.98. The van der Waals surface area contributed by atoms with Crippen molar-refractivity contribution in [3.8, 4) is 0 Å². The summed E-state index contributed by atoms with van der Waals surface area (Å²) in [5.74, 6) is 1.51. The zero-order valence-corrected chi connectivity index (χ0v) is 9.13. The van der Waals surface area contributed by atoms with E-state index < -0.39 is 0 Å². The van der Waals surface area contributed by atoms with E-state index in [2.05, 4.69) is 15.0 Å². The average Bonchev–Trinajstić information content (AvgIpc) is 2.66. The van der Waals surface area contributed by atoms with Crippen LogP contribution >= 0.6 is 0 Å². The van der Waals surface area contributed by atoms with Gasteiger partial charge in [0.25, 0.3) is 0 Å². The van der Waals surface area contributed by atoms with Crippen LogP contribution in [-0.4, -0.2) is 44.5 Å². The van der Waals surface area contributed by atoms with Crippen LogP contribution in [0.1, 0.15) is 18.7 Å². The SMILES string of the molecule is Cn1ncnc1CN1CCC(CO)CC1. The number of aliphatic hydroxyl groups is 1. The molecule has 5 heteroatoms. The molecule has 1 N–H and O–H groups in total. The molecule has 0 bridgehead atoms. The Morgan fingerprint density at radius 3 is 2.73 bits per heavy atom. The lowest BCUT2D eigenvalue weighted by molar-refractivity contribution is 0.124. The number of aromatic nitrogens is 3. The summed E-state index contributed by atoms with van der Waals surface area (Å²) >= 11 is 0. The summed E-state index contributed by atoms with van der Waals surface area (Å²) < 4.78 is 1.82. The Labute approximate surface area is 89.7 Å². The predicted molar refractivity (Wildman–Crippen MR) is 56.1 cm³/mol. The fraction of sp³-hybridized carbons (Fsp3) is 0.800. The summed E-state index contributed by atoms with van der Waals surface area (Å²) in [4.78, 5) is 6.58. The number of aliphatic hydroxyl groups excluding tert-OH is 1. The molecule has 0 spiro atoms. The first-order chi connectivity index (χ1) is 7.29. The normalized spacial score (nSPS) is 19.6. The molecule has 2 rings (SSSR count). The van der Waals surface area contributed by atoms with Crippen molar-refractivity contribution in [2.45, 2.75) is 19.4 Å². The van der Waals surface area contributed by atoms with Crippen molar-refractivity contribution in [2.75, 3.05) is 19.7 Å². The Bertz CT molecular complexity index is 304. The maximum Gasteiger partial charge on any atom is 0.140 e. The van der Waals surface area contributed by atoms with Crippen molar-refractivity contribution in [3.05, 3.63) is 12.2 Å². The van der Waals surface area contributed by atoms with Crippen molar-refractivity contribution in [2.24, 2.45) is 13.0 Å². The molecule has 0 aliphatic carbocycles. The summed E-state index contributed by atoms with van der Waals surface area (Å²) in [6, 6.07) is 0. The van der Waals surface area contributed by atoms with Gasteiger partial charge in [-0.15, -0.1) is 0 Å². The second-order valence-corrected chi connectivity index (χ2v) is 4.20. The second-order valence-electron chi connectivity index (χ2n) is 4.20. The van der Waals surface area contributed by atoms with Crippen LogP contribution < -0.4 is 0 Å². The van der Waals surface area contributed by atoms with E-state index in [1.807, 2.05) is 11.7 Å². The van der Waals surface area contributed by atoms with Crippen LogP contribution in [0.5, 0.6) is 0 Å². The molecule has 1 fully saturated rings. The third kappa shape index (κ3) is 2.54. The fourth-order valence-corrected chi connectivity index (χ4v) is 1.99. The summed E-state index contributed by atoms with van der Waals surface area (Å²) in [5.41, 5.74) is 0. The Balaban J connectivity index is 1.85. The Kier molecular flexibility index (Phi) is 3.33.